The van der Waals surface area contributed by atoms with Crippen LogP contribution in [0.1, 0.15) is 20.3 Å². The molecule has 1 N–H and O–H groups in total. The molecule has 1 heteroatoms. The van der Waals surface area contributed by atoms with E-state index >= 15 is 0 Å². The van der Waals surface area contributed by atoms with Crippen LogP contribution in [0.15, 0.2) is 12.3 Å². The predicted octanol–water partition coefficient (Wildman–Crippen LogP) is 1.52. The topological polar surface area (TPSA) is 12.0 Å². The Labute approximate surface area is 50.8 Å². The van der Waals surface area contributed by atoms with Gasteiger partial charge in [-0.15, -0.1) is 0 Å². The standard InChI is InChI=1S/C7H13N/c1-5-4-6(2)8-7(5)3/h5-6,8H,3-4H2,1-2H3. The molecule has 1 heterocycles. The molecule has 0 amide bonds. The summed E-state index contributed by atoms with van der Waals surface area (Å²) in [7, 11) is 0. The molecule has 2 unspecified atom stereocenters. The van der Waals surface area contributed by atoms with Crippen molar-refractivity contribution in [3.05, 3.63) is 12.3 Å². The van der Waals surface area contributed by atoms with E-state index in [1.54, 1.807) is 0 Å². The van der Waals surface area contributed by atoms with Gasteiger partial charge in [-0.1, -0.05) is 13.5 Å². The summed E-state index contributed by atoms with van der Waals surface area (Å²) in [6.07, 6.45) is 1.25. The third kappa shape index (κ3) is 0.857. The van der Waals surface area contributed by atoms with E-state index < -0.39 is 0 Å². The predicted molar refractivity (Wildman–Crippen MR) is 35.5 cm³/mol. The average Bonchev–Trinajstić information content (AvgIpc) is 1.85. The third-order valence-electron chi connectivity index (χ3n) is 1.73. The largest absolute Gasteiger partial charge is 0.386 e. The molecule has 0 radical (unpaired) electrons. The van der Waals surface area contributed by atoms with E-state index in [-0.39, 0.29) is 0 Å². The van der Waals surface area contributed by atoms with E-state index in [4.69, 9.17) is 0 Å². The van der Waals surface area contributed by atoms with Crippen LogP contribution in [-0.4, -0.2) is 6.04 Å². The Morgan fingerprint density at radius 3 is 2.38 bits per heavy atom. The maximum atomic E-state index is 3.87. The fourth-order valence-corrected chi connectivity index (χ4v) is 1.19. The minimum absolute atomic E-state index is 0.650. The van der Waals surface area contributed by atoms with Crippen LogP contribution in [0.25, 0.3) is 0 Å². The van der Waals surface area contributed by atoms with Gasteiger partial charge in [0.1, 0.15) is 0 Å². The van der Waals surface area contributed by atoms with E-state index in [1.165, 1.54) is 12.1 Å². The first kappa shape index (κ1) is 5.67. The summed E-state index contributed by atoms with van der Waals surface area (Å²) in [6.45, 7) is 8.27. The molecule has 0 aromatic rings. The van der Waals surface area contributed by atoms with Crippen molar-refractivity contribution >= 4 is 0 Å². The zero-order valence-corrected chi connectivity index (χ0v) is 5.57. The van der Waals surface area contributed by atoms with Crippen molar-refractivity contribution in [2.45, 2.75) is 26.3 Å². The van der Waals surface area contributed by atoms with Crippen LogP contribution in [-0.2, 0) is 0 Å². The molecular weight excluding hydrogens is 98.1 g/mol. The highest BCUT2D eigenvalue weighted by molar-refractivity contribution is 5.04. The Balaban J connectivity index is 2.51. The Morgan fingerprint density at radius 2 is 2.25 bits per heavy atom. The van der Waals surface area contributed by atoms with Crippen molar-refractivity contribution in [2.24, 2.45) is 5.92 Å². The van der Waals surface area contributed by atoms with E-state index in [0.717, 1.165) is 0 Å². The lowest BCUT2D eigenvalue weighted by atomic mass is 10.1. The highest BCUT2D eigenvalue weighted by atomic mass is 15.0. The smallest absolute Gasteiger partial charge is 0.0236 e. The van der Waals surface area contributed by atoms with Crippen molar-refractivity contribution in [3.63, 3.8) is 0 Å². The number of nitrogens with one attached hydrogen (secondary N) is 1. The monoisotopic (exact) mass is 111 g/mol. The zero-order chi connectivity index (χ0) is 6.15. The van der Waals surface area contributed by atoms with Crippen molar-refractivity contribution < 1.29 is 0 Å². The molecule has 0 saturated carbocycles. The summed E-state index contributed by atoms with van der Waals surface area (Å²) in [5.41, 5.74) is 1.21. The lowest BCUT2D eigenvalue weighted by Gasteiger charge is -1.99. The first-order valence-corrected chi connectivity index (χ1v) is 3.15. The van der Waals surface area contributed by atoms with Gasteiger partial charge in [0.25, 0.3) is 0 Å². The van der Waals surface area contributed by atoms with Crippen LogP contribution in [0.2, 0.25) is 0 Å². The summed E-state index contributed by atoms with van der Waals surface area (Å²) in [6, 6.07) is 0.650. The van der Waals surface area contributed by atoms with Gasteiger partial charge in [-0.05, 0) is 19.3 Å². The van der Waals surface area contributed by atoms with Gasteiger partial charge in [-0.2, -0.15) is 0 Å². The SMILES string of the molecule is C=C1NC(C)CC1C. The van der Waals surface area contributed by atoms with Gasteiger partial charge < -0.3 is 5.32 Å². The average molecular weight is 111 g/mol. The number of rotatable bonds is 0. The number of hydrogen-bond donors (Lipinski definition) is 1. The van der Waals surface area contributed by atoms with Gasteiger partial charge >= 0.3 is 0 Å². The minimum Gasteiger partial charge on any atom is -0.386 e. The van der Waals surface area contributed by atoms with Crippen molar-refractivity contribution in [1.29, 1.82) is 0 Å². The highest BCUT2D eigenvalue weighted by Gasteiger charge is 2.18. The quantitative estimate of drug-likeness (QED) is 0.499. The Morgan fingerprint density at radius 1 is 1.62 bits per heavy atom. The molecule has 1 nitrogen and oxygen atoms in total. The first-order chi connectivity index (χ1) is 3.70. The maximum absolute atomic E-state index is 3.87. The van der Waals surface area contributed by atoms with E-state index in [9.17, 15) is 0 Å². The molecule has 1 rings (SSSR count). The molecule has 8 heavy (non-hydrogen) atoms. The molecule has 2 atom stereocenters. The molecule has 0 bridgehead atoms. The maximum Gasteiger partial charge on any atom is 0.0236 e. The number of allylic oxidation sites excluding steroid dienone is 1. The minimum atomic E-state index is 0.650. The van der Waals surface area contributed by atoms with E-state index in [0.29, 0.717) is 12.0 Å². The summed E-state index contributed by atoms with van der Waals surface area (Å²) < 4.78 is 0. The Bertz CT molecular complexity index is 107. The summed E-state index contributed by atoms with van der Waals surface area (Å²) in [5, 5.41) is 3.27. The Kier molecular flexibility index (Phi) is 1.28. The van der Waals surface area contributed by atoms with Gasteiger partial charge in [0, 0.05) is 11.7 Å². The second kappa shape index (κ2) is 1.81. The van der Waals surface area contributed by atoms with Crippen molar-refractivity contribution in [3.8, 4) is 0 Å². The molecule has 0 aromatic carbocycles. The molecule has 1 saturated heterocycles. The lowest BCUT2D eigenvalue weighted by molar-refractivity contribution is 0.628. The fraction of sp³-hybridized carbons (Fsp3) is 0.714. The van der Waals surface area contributed by atoms with Gasteiger partial charge in [0.15, 0.2) is 0 Å². The van der Waals surface area contributed by atoms with Crippen LogP contribution in [0.3, 0.4) is 0 Å². The molecule has 46 valence electrons. The summed E-state index contributed by atoms with van der Waals surface area (Å²) in [4.78, 5) is 0. The van der Waals surface area contributed by atoms with Crippen LogP contribution >= 0.6 is 0 Å². The molecule has 1 aliphatic rings. The third-order valence-corrected chi connectivity index (χ3v) is 1.73. The molecule has 0 aliphatic carbocycles. The second-order valence-corrected chi connectivity index (χ2v) is 2.71. The van der Waals surface area contributed by atoms with Crippen molar-refractivity contribution in [1.82, 2.24) is 5.32 Å². The molecule has 1 fully saturated rings. The van der Waals surface area contributed by atoms with Crippen LogP contribution in [0.5, 0.6) is 0 Å². The molecule has 1 aliphatic heterocycles. The summed E-state index contributed by atoms with van der Waals surface area (Å²) >= 11 is 0. The second-order valence-electron chi connectivity index (χ2n) is 2.71. The molecule has 0 aromatic heterocycles. The van der Waals surface area contributed by atoms with Gasteiger partial charge in [-0.25, -0.2) is 0 Å². The first-order valence-electron chi connectivity index (χ1n) is 3.15. The summed E-state index contributed by atoms with van der Waals surface area (Å²) in [5.74, 6) is 0.685. The van der Waals surface area contributed by atoms with Crippen LogP contribution in [0.4, 0.5) is 0 Å². The van der Waals surface area contributed by atoms with E-state index in [2.05, 4.69) is 25.7 Å². The van der Waals surface area contributed by atoms with Gasteiger partial charge in [0.05, 0.1) is 0 Å². The highest BCUT2D eigenvalue weighted by Crippen LogP contribution is 2.20. The van der Waals surface area contributed by atoms with Crippen LogP contribution in [0, 0.1) is 5.92 Å². The fourth-order valence-electron chi connectivity index (χ4n) is 1.19. The number of hydrogen-bond acceptors (Lipinski definition) is 1. The zero-order valence-electron chi connectivity index (χ0n) is 5.57. The van der Waals surface area contributed by atoms with Crippen LogP contribution < -0.4 is 5.32 Å². The Hall–Kier alpha value is -0.460. The van der Waals surface area contributed by atoms with Crippen molar-refractivity contribution in [2.75, 3.05) is 0 Å². The normalized spacial score (nSPS) is 37.5. The van der Waals surface area contributed by atoms with Gasteiger partial charge in [-0.3, -0.25) is 0 Å². The van der Waals surface area contributed by atoms with Gasteiger partial charge in [0.2, 0.25) is 0 Å². The van der Waals surface area contributed by atoms with E-state index in [1.807, 2.05) is 0 Å². The lowest BCUT2D eigenvalue weighted by Crippen LogP contribution is -2.14. The molecular formula is C7H13N. The molecule has 0 spiro atoms.